The molecular weight excluding hydrogens is 514 g/mol. The van der Waals surface area contributed by atoms with E-state index in [1.54, 1.807) is 0 Å². The second kappa shape index (κ2) is 10.4. The molecule has 5 rings (SSSR count). The number of nitrogens with zero attached hydrogens (tertiary/aromatic N) is 3. The van der Waals surface area contributed by atoms with E-state index in [0.29, 0.717) is 0 Å². The Hall–Kier alpha value is -5.32. The van der Waals surface area contributed by atoms with Crippen molar-refractivity contribution in [3.8, 4) is 5.95 Å². The number of rotatable bonds is 6. The minimum absolute atomic E-state index is 0.117. The third-order valence-corrected chi connectivity index (χ3v) is 6.63. The highest BCUT2D eigenvalue weighted by atomic mass is 16.5. The number of benzene rings is 2. The van der Waals surface area contributed by atoms with Crippen LogP contribution in [-0.2, 0) is 9.53 Å². The van der Waals surface area contributed by atoms with Gasteiger partial charge in [0.2, 0.25) is 5.95 Å². The lowest BCUT2D eigenvalue weighted by Gasteiger charge is -2.21. The van der Waals surface area contributed by atoms with Gasteiger partial charge in [-0.15, -0.1) is 0 Å². The van der Waals surface area contributed by atoms with Gasteiger partial charge in [-0.25, -0.2) is 19.1 Å². The fourth-order valence-electron chi connectivity index (χ4n) is 4.77. The van der Waals surface area contributed by atoms with Crippen molar-refractivity contribution in [2.45, 2.75) is 19.8 Å². The predicted octanol–water partition coefficient (Wildman–Crippen LogP) is 2.88. The summed E-state index contributed by atoms with van der Waals surface area (Å²) in [7, 11) is 1.16. The van der Waals surface area contributed by atoms with Crippen LogP contribution in [0.15, 0.2) is 58.4 Å². The summed E-state index contributed by atoms with van der Waals surface area (Å²) < 4.78 is 5.79. The van der Waals surface area contributed by atoms with Crippen molar-refractivity contribution in [3.63, 3.8) is 0 Å². The lowest BCUT2D eigenvalue weighted by atomic mass is 9.82. The van der Waals surface area contributed by atoms with Crippen LogP contribution in [0.3, 0.4) is 0 Å². The number of hydrogen-bond acceptors (Lipinski definition) is 8. The van der Waals surface area contributed by atoms with E-state index in [0.717, 1.165) is 51.3 Å². The molecule has 0 radical (unpaired) electrons. The number of carboxylic acids is 1. The molecule has 2 aromatic heterocycles. The minimum Gasteiger partial charge on any atom is -0.480 e. The number of aliphatic carboxylic acids is 1. The normalized spacial score (nSPS) is 12.3. The summed E-state index contributed by atoms with van der Waals surface area (Å²) in [6.45, 7) is 3.43. The number of carboxylic acid groups (broad SMARTS) is 1. The molecule has 2 aromatic carbocycles. The zero-order valence-corrected chi connectivity index (χ0v) is 21.9. The first kappa shape index (κ1) is 26.3. The summed E-state index contributed by atoms with van der Waals surface area (Å²) in [4.78, 5) is 60.4. The first-order valence-corrected chi connectivity index (χ1v) is 12.3. The van der Waals surface area contributed by atoms with E-state index in [9.17, 15) is 19.2 Å². The smallest absolute Gasteiger partial charge is 0.343 e. The average Bonchev–Trinajstić information content (AvgIpc) is 3.07. The third-order valence-electron chi connectivity index (χ3n) is 6.63. The van der Waals surface area contributed by atoms with Gasteiger partial charge >= 0.3 is 17.6 Å². The number of fused-ring (bicyclic) bond motifs is 2. The van der Waals surface area contributed by atoms with Crippen LogP contribution in [0.25, 0.3) is 18.1 Å². The Kier molecular flexibility index (Phi) is 6.87. The van der Waals surface area contributed by atoms with Crippen molar-refractivity contribution < 1.29 is 19.4 Å². The molecule has 11 heteroatoms. The molecule has 0 aliphatic heterocycles. The summed E-state index contributed by atoms with van der Waals surface area (Å²) >= 11 is 0. The molecule has 0 bridgehead atoms. The van der Waals surface area contributed by atoms with Crippen LogP contribution in [-0.4, -0.2) is 50.2 Å². The van der Waals surface area contributed by atoms with Crippen molar-refractivity contribution >= 4 is 29.9 Å². The van der Waals surface area contributed by atoms with E-state index >= 15 is 0 Å². The van der Waals surface area contributed by atoms with Crippen LogP contribution >= 0.6 is 0 Å². The molecule has 0 saturated heterocycles. The maximum absolute atomic E-state index is 13.3. The fourth-order valence-corrected chi connectivity index (χ4v) is 4.77. The molecule has 0 fully saturated rings. The summed E-state index contributed by atoms with van der Waals surface area (Å²) in [6, 6.07) is 12.0. The molecular formula is C29H25N5O6. The van der Waals surface area contributed by atoms with Gasteiger partial charge in [0, 0.05) is 23.9 Å². The predicted molar refractivity (Wildman–Crippen MR) is 148 cm³/mol. The summed E-state index contributed by atoms with van der Waals surface area (Å²) in [5, 5.41) is 11.6. The number of esters is 1. The van der Waals surface area contributed by atoms with Gasteiger partial charge in [-0.1, -0.05) is 59.7 Å². The van der Waals surface area contributed by atoms with Gasteiger partial charge in [0.05, 0.1) is 7.11 Å². The first-order valence-electron chi connectivity index (χ1n) is 12.3. The van der Waals surface area contributed by atoms with E-state index in [-0.39, 0.29) is 22.9 Å². The van der Waals surface area contributed by atoms with Crippen LogP contribution in [0.4, 0.5) is 5.82 Å². The van der Waals surface area contributed by atoms with Crippen molar-refractivity contribution in [2.75, 3.05) is 19.0 Å². The Morgan fingerprint density at radius 2 is 1.65 bits per heavy atom. The molecule has 3 N–H and O–H groups in total. The Balaban J connectivity index is 1.72. The van der Waals surface area contributed by atoms with Gasteiger partial charge in [-0.05, 0) is 36.1 Å². The van der Waals surface area contributed by atoms with Gasteiger partial charge in [0.15, 0.2) is 0 Å². The SMILES string of the molecule is COC(=O)c1cnc(-n2cc(C3c4ccc(C)cc4C=Cc4cc(C)ccc43)c(=O)[nH]c2=O)nc1NCC(=O)O. The van der Waals surface area contributed by atoms with Crippen molar-refractivity contribution in [1.29, 1.82) is 0 Å². The number of anilines is 1. The molecule has 1 aliphatic carbocycles. The number of hydrogen-bond donors (Lipinski definition) is 3. The standard InChI is InChI=1S/C29H25N5O6/c1-15-4-8-19-17(10-15)6-7-18-11-16(2)5-9-20(18)24(19)22-14-34(29(39)33-26(22)37)28-31-12-21(27(38)40-3)25(32-28)30-13-23(35)36/h4-12,14,24H,13H2,1-3H3,(H,35,36)(H,30,31,32)(H,33,37,39). The highest BCUT2D eigenvalue weighted by Gasteiger charge is 2.27. The third kappa shape index (κ3) is 4.92. The Morgan fingerprint density at radius 1 is 1.02 bits per heavy atom. The maximum atomic E-state index is 13.3. The molecule has 0 amide bonds. The molecule has 0 saturated carbocycles. The first-order chi connectivity index (χ1) is 19.2. The molecule has 202 valence electrons. The monoisotopic (exact) mass is 539 g/mol. The number of carbonyl (C=O) groups excluding carboxylic acids is 1. The van der Waals surface area contributed by atoms with E-state index in [2.05, 4.69) is 20.3 Å². The summed E-state index contributed by atoms with van der Waals surface area (Å²) in [5.41, 5.74) is 4.55. The van der Waals surface area contributed by atoms with Crippen LogP contribution in [0.2, 0.25) is 0 Å². The number of carbonyl (C=O) groups is 2. The van der Waals surface area contributed by atoms with Crippen molar-refractivity contribution in [2.24, 2.45) is 0 Å². The van der Waals surface area contributed by atoms with Crippen LogP contribution in [0, 0.1) is 13.8 Å². The minimum atomic E-state index is -1.19. The lowest BCUT2D eigenvalue weighted by Crippen LogP contribution is -2.33. The Bertz CT molecular complexity index is 1770. The quantitative estimate of drug-likeness (QED) is 0.276. The van der Waals surface area contributed by atoms with E-state index in [1.807, 2.05) is 62.4 Å². The molecule has 1 aliphatic rings. The Morgan fingerprint density at radius 3 is 2.23 bits per heavy atom. The number of aryl methyl sites for hydroxylation is 2. The van der Waals surface area contributed by atoms with Crippen LogP contribution < -0.4 is 16.6 Å². The molecule has 40 heavy (non-hydrogen) atoms. The largest absolute Gasteiger partial charge is 0.480 e. The number of H-pyrrole nitrogens is 1. The van der Waals surface area contributed by atoms with Crippen molar-refractivity contribution in [3.05, 3.63) is 114 Å². The topological polar surface area (TPSA) is 156 Å². The molecule has 0 atom stereocenters. The maximum Gasteiger partial charge on any atom is 0.343 e. The second-order valence-electron chi connectivity index (χ2n) is 9.42. The number of nitrogens with one attached hydrogen (secondary N) is 2. The summed E-state index contributed by atoms with van der Waals surface area (Å²) in [6.07, 6.45) is 6.54. The number of methoxy groups -OCH3 is 1. The number of aromatic amines is 1. The molecule has 11 nitrogen and oxygen atoms in total. The molecule has 2 heterocycles. The van der Waals surface area contributed by atoms with E-state index in [4.69, 9.17) is 9.84 Å². The van der Waals surface area contributed by atoms with Gasteiger partial charge in [-0.3, -0.25) is 14.6 Å². The van der Waals surface area contributed by atoms with Gasteiger partial charge < -0.3 is 15.2 Å². The fraction of sp³-hybridized carbons (Fsp3) is 0.172. The average molecular weight is 540 g/mol. The van der Waals surface area contributed by atoms with Crippen LogP contribution in [0.5, 0.6) is 0 Å². The van der Waals surface area contributed by atoms with E-state index < -0.39 is 35.7 Å². The molecule has 4 aromatic rings. The highest BCUT2D eigenvalue weighted by Crippen LogP contribution is 2.38. The van der Waals surface area contributed by atoms with Gasteiger partial charge in [0.1, 0.15) is 17.9 Å². The number of aromatic nitrogens is 4. The van der Waals surface area contributed by atoms with Gasteiger partial charge in [-0.2, -0.15) is 4.98 Å². The zero-order chi connectivity index (χ0) is 28.6. The number of ether oxygens (including phenoxy) is 1. The molecule has 0 unspecified atom stereocenters. The van der Waals surface area contributed by atoms with Crippen LogP contribution in [0.1, 0.15) is 55.2 Å². The molecule has 0 spiro atoms. The zero-order valence-electron chi connectivity index (χ0n) is 21.9. The Labute approximate surface area is 227 Å². The lowest BCUT2D eigenvalue weighted by molar-refractivity contribution is -0.134. The van der Waals surface area contributed by atoms with E-state index in [1.165, 1.54) is 6.20 Å². The van der Waals surface area contributed by atoms with Crippen molar-refractivity contribution in [1.82, 2.24) is 19.5 Å². The summed E-state index contributed by atoms with van der Waals surface area (Å²) in [5.74, 6) is -2.83. The highest BCUT2D eigenvalue weighted by molar-refractivity contribution is 5.94. The van der Waals surface area contributed by atoms with Gasteiger partial charge in [0.25, 0.3) is 5.56 Å². The second-order valence-corrected chi connectivity index (χ2v) is 9.42.